The molecule has 1 aliphatic rings. The number of hydrogen-bond acceptors (Lipinski definition) is 4. The van der Waals surface area contributed by atoms with Crippen LogP contribution in [0.2, 0.25) is 0 Å². The molecule has 1 amide bonds. The molecule has 7 heteroatoms. The normalized spacial score (nSPS) is 14.6. The minimum atomic E-state index is 0.129. The zero-order valence-corrected chi connectivity index (χ0v) is 18.3. The average molecular weight is 410 g/mol. The predicted octanol–water partition coefficient (Wildman–Crippen LogP) is 3.12. The summed E-state index contributed by atoms with van der Waals surface area (Å²) in [5, 5.41) is 3.36. The summed E-state index contributed by atoms with van der Waals surface area (Å²) in [6.45, 7) is 12.2. The molecule has 0 atom stereocenters. The molecule has 0 radical (unpaired) electrons. The molecule has 1 aromatic carbocycles. The van der Waals surface area contributed by atoms with Gasteiger partial charge in [-0.15, -0.1) is 0 Å². The van der Waals surface area contributed by atoms with Crippen LogP contribution in [0.25, 0.3) is 0 Å². The molecule has 0 unspecified atom stereocenters. The molecule has 1 aromatic heterocycles. The molecule has 1 N–H and O–H groups in total. The number of aliphatic imine (C=N–C) groups is 1. The van der Waals surface area contributed by atoms with Gasteiger partial charge in [0.05, 0.1) is 6.54 Å². The number of aryl methyl sites for hydroxylation is 2. The number of carbonyl (C=O) groups is 1. The summed E-state index contributed by atoms with van der Waals surface area (Å²) < 4.78 is 5.94. The van der Waals surface area contributed by atoms with E-state index in [9.17, 15) is 4.79 Å². The highest BCUT2D eigenvalue weighted by Crippen LogP contribution is 2.23. The van der Waals surface area contributed by atoms with Crippen LogP contribution in [0.3, 0.4) is 0 Å². The number of rotatable bonds is 5. The fourth-order valence-electron chi connectivity index (χ4n) is 3.33. The highest BCUT2D eigenvalue weighted by molar-refractivity contribution is 5.80. The molecule has 3 rings (SSSR count). The van der Waals surface area contributed by atoms with Crippen molar-refractivity contribution in [2.24, 2.45) is 4.99 Å². The number of nitrogens with one attached hydrogen (secondary N) is 1. The molecule has 7 nitrogen and oxygen atoms in total. The van der Waals surface area contributed by atoms with E-state index < -0.39 is 0 Å². The van der Waals surface area contributed by atoms with E-state index in [0.717, 1.165) is 50.0 Å². The third kappa shape index (κ3) is 5.72. The first-order chi connectivity index (χ1) is 14.5. The molecule has 0 bridgehead atoms. The second-order valence-corrected chi connectivity index (χ2v) is 7.51. The number of nitrogens with zero attached hydrogens (tertiary/aromatic N) is 4. The Bertz CT molecular complexity index is 904. The molecular weight excluding hydrogens is 378 g/mol. The van der Waals surface area contributed by atoms with Crippen molar-refractivity contribution in [2.75, 3.05) is 32.7 Å². The van der Waals surface area contributed by atoms with Crippen LogP contribution < -0.4 is 10.1 Å². The quantitative estimate of drug-likeness (QED) is 0.607. The van der Waals surface area contributed by atoms with Crippen molar-refractivity contribution >= 4 is 11.9 Å². The Morgan fingerprint density at radius 1 is 1.10 bits per heavy atom. The zero-order chi connectivity index (χ0) is 21.5. The van der Waals surface area contributed by atoms with Gasteiger partial charge in [0.1, 0.15) is 5.75 Å². The van der Waals surface area contributed by atoms with Gasteiger partial charge in [-0.25, -0.2) is 9.98 Å². The van der Waals surface area contributed by atoms with E-state index in [1.165, 1.54) is 11.1 Å². The number of ether oxygens (including phenoxy) is 1. The molecule has 30 heavy (non-hydrogen) atoms. The molecule has 0 saturated carbocycles. The van der Waals surface area contributed by atoms with Gasteiger partial charge in [0, 0.05) is 51.9 Å². The number of aromatic nitrogens is 1. The second kappa shape index (κ2) is 10.1. The van der Waals surface area contributed by atoms with Crippen LogP contribution in [-0.2, 0) is 11.3 Å². The Hall–Kier alpha value is -3.09. The fourth-order valence-corrected chi connectivity index (χ4v) is 3.33. The molecule has 0 spiro atoms. The first-order valence-corrected chi connectivity index (χ1v) is 10.4. The summed E-state index contributed by atoms with van der Waals surface area (Å²) in [5.74, 6) is 2.34. The van der Waals surface area contributed by atoms with E-state index >= 15 is 0 Å². The summed E-state index contributed by atoms with van der Waals surface area (Å²) in [4.78, 5) is 24.8. The summed E-state index contributed by atoms with van der Waals surface area (Å²) in [6.07, 6.45) is 1.75. The first-order valence-electron chi connectivity index (χ1n) is 10.4. The lowest BCUT2D eigenvalue weighted by molar-refractivity contribution is -0.130. The Balaban J connectivity index is 1.66. The van der Waals surface area contributed by atoms with Crippen LogP contribution in [0.4, 0.5) is 0 Å². The monoisotopic (exact) mass is 409 g/mol. The second-order valence-electron chi connectivity index (χ2n) is 7.51. The van der Waals surface area contributed by atoms with Gasteiger partial charge < -0.3 is 19.9 Å². The highest BCUT2D eigenvalue weighted by Gasteiger charge is 2.20. The average Bonchev–Trinajstić information content (AvgIpc) is 2.74. The Morgan fingerprint density at radius 2 is 1.83 bits per heavy atom. The summed E-state index contributed by atoms with van der Waals surface area (Å²) in [5.41, 5.74) is 3.45. The smallest absolute Gasteiger partial charge is 0.219 e. The predicted molar refractivity (Wildman–Crippen MR) is 119 cm³/mol. The van der Waals surface area contributed by atoms with Gasteiger partial charge in [-0.2, -0.15) is 0 Å². The standard InChI is InChI=1S/C23H31N5O2/c1-5-24-23(28-12-10-27(11-13-28)19(4)29)26-16-20-8-9-25-22(15-20)30-21-7-6-17(2)18(3)14-21/h6-9,14-15H,5,10-13,16H2,1-4H3,(H,24,26). The van der Waals surface area contributed by atoms with Crippen molar-refractivity contribution in [3.8, 4) is 11.6 Å². The third-order valence-electron chi connectivity index (χ3n) is 5.27. The Morgan fingerprint density at radius 3 is 2.50 bits per heavy atom. The Kier molecular flexibility index (Phi) is 7.27. The Labute approximate surface area is 178 Å². The van der Waals surface area contributed by atoms with E-state index in [1.807, 2.05) is 35.2 Å². The van der Waals surface area contributed by atoms with Gasteiger partial charge in [-0.05, 0) is 55.7 Å². The van der Waals surface area contributed by atoms with Gasteiger partial charge in [-0.3, -0.25) is 4.79 Å². The number of carbonyl (C=O) groups excluding carboxylic acids is 1. The van der Waals surface area contributed by atoms with Crippen LogP contribution in [0.15, 0.2) is 41.5 Å². The van der Waals surface area contributed by atoms with Crippen molar-refractivity contribution in [3.05, 3.63) is 53.2 Å². The van der Waals surface area contributed by atoms with Crippen LogP contribution in [0, 0.1) is 13.8 Å². The van der Waals surface area contributed by atoms with E-state index in [0.29, 0.717) is 12.4 Å². The van der Waals surface area contributed by atoms with Crippen LogP contribution in [0.5, 0.6) is 11.6 Å². The van der Waals surface area contributed by atoms with E-state index in [-0.39, 0.29) is 5.91 Å². The van der Waals surface area contributed by atoms with Crippen molar-refractivity contribution in [2.45, 2.75) is 34.2 Å². The molecule has 1 saturated heterocycles. The summed E-state index contributed by atoms with van der Waals surface area (Å²) in [7, 11) is 0. The van der Waals surface area contributed by atoms with E-state index in [2.05, 4.69) is 36.0 Å². The largest absolute Gasteiger partial charge is 0.439 e. The lowest BCUT2D eigenvalue weighted by Gasteiger charge is -2.36. The van der Waals surface area contributed by atoms with Crippen molar-refractivity contribution in [1.82, 2.24) is 20.1 Å². The van der Waals surface area contributed by atoms with Gasteiger partial charge >= 0.3 is 0 Å². The third-order valence-corrected chi connectivity index (χ3v) is 5.27. The maximum absolute atomic E-state index is 11.6. The van der Waals surface area contributed by atoms with E-state index in [4.69, 9.17) is 9.73 Å². The molecule has 2 heterocycles. The highest BCUT2D eigenvalue weighted by atomic mass is 16.5. The van der Waals surface area contributed by atoms with Crippen LogP contribution in [0.1, 0.15) is 30.5 Å². The summed E-state index contributed by atoms with van der Waals surface area (Å²) in [6, 6.07) is 9.90. The number of hydrogen-bond donors (Lipinski definition) is 1. The minimum absolute atomic E-state index is 0.129. The van der Waals surface area contributed by atoms with E-state index in [1.54, 1.807) is 13.1 Å². The summed E-state index contributed by atoms with van der Waals surface area (Å²) >= 11 is 0. The van der Waals surface area contributed by atoms with Gasteiger partial charge in [0.2, 0.25) is 11.8 Å². The van der Waals surface area contributed by atoms with Crippen molar-refractivity contribution in [1.29, 1.82) is 0 Å². The molecule has 1 aliphatic heterocycles. The number of pyridine rings is 1. The van der Waals surface area contributed by atoms with Crippen LogP contribution in [-0.4, -0.2) is 59.4 Å². The molecule has 0 aliphatic carbocycles. The van der Waals surface area contributed by atoms with Crippen molar-refractivity contribution in [3.63, 3.8) is 0 Å². The number of guanidine groups is 1. The van der Waals surface area contributed by atoms with Crippen molar-refractivity contribution < 1.29 is 9.53 Å². The first kappa shape index (κ1) is 21.6. The van der Waals surface area contributed by atoms with Crippen LogP contribution >= 0.6 is 0 Å². The number of piperazine rings is 1. The SMILES string of the molecule is CCNC(=NCc1ccnc(Oc2ccc(C)c(C)c2)c1)N1CCN(C(C)=O)CC1. The minimum Gasteiger partial charge on any atom is -0.439 e. The number of benzene rings is 1. The maximum atomic E-state index is 11.6. The maximum Gasteiger partial charge on any atom is 0.219 e. The molecular formula is C23H31N5O2. The number of amides is 1. The van der Waals surface area contributed by atoms with Gasteiger partial charge in [0.25, 0.3) is 0 Å². The van der Waals surface area contributed by atoms with Gasteiger partial charge in [-0.1, -0.05) is 6.07 Å². The fraction of sp³-hybridized carbons (Fsp3) is 0.435. The zero-order valence-electron chi connectivity index (χ0n) is 18.3. The molecule has 2 aromatic rings. The molecule has 160 valence electrons. The lowest BCUT2D eigenvalue weighted by Crippen LogP contribution is -2.53. The van der Waals surface area contributed by atoms with Gasteiger partial charge in [0.15, 0.2) is 5.96 Å². The lowest BCUT2D eigenvalue weighted by atomic mass is 10.1. The topological polar surface area (TPSA) is 70.1 Å². The molecule has 1 fully saturated rings.